The van der Waals surface area contributed by atoms with Crippen molar-refractivity contribution in [2.75, 3.05) is 0 Å². The van der Waals surface area contributed by atoms with Gasteiger partial charge in [-0.25, -0.2) is 0 Å². The highest BCUT2D eigenvalue weighted by atomic mass is 16.6. The fourth-order valence-electron chi connectivity index (χ4n) is 4.70. The van der Waals surface area contributed by atoms with E-state index in [1.807, 2.05) is 19.1 Å². The molecular formula is C18H18O3. The average Bonchev–Trinajstić information content (AvgIpc) is 2.72. The molecule has 0 aromatic heterocycles. The van der Waals surface area contributed by atoms with E-state index in [2.05, 4.69) is 19.1 Å². The van der Waals surface area contributed by atoms with Crippen LogP contribution in [0.2, 0.25) is 0 Å². The van der Waals surface area contributed by atoms with Crippen LogP contribution in [0.1, 0.15) is 41.5 Å². The van der Waals surface area contributed by atoms with Gasteiger partial charge >= 0.3 is 11.9 Å². The monoisotopic (exact) mass is 282 g/mol. The minimum atomic E-state index is -0.789. The summed E-state index contributed by atoms with van der Waals surface area (Å²) >= 11 is 0. The summed E-state index contributed by atoms with van der Waals surface area (Å²) in [7, 11) is 0. The Kier molecular flexibility index (Phi) is 2.35. The number of hydrogen-bond acceptors (Lipinski definition) is 3. The van der Waals surface area contributed by atoms with Gasteiger partial charge in [0.15, 0.2) is 0 Å². The molecule has 1 aromatic carbocycles. The molecule has 3 heteroatoms. The number of hydrogen-bond donors (Lipinski definition) is 0. The molecular weight excluding hydrogens is 264 g/mol. The Morgan fingerprint density at radius 2 is 1.71 bits per heavy atom. The lowest BCUT2D eigenvalue weighted by Crippen LogP contribution is -2.53. The van der Waals surface area contributed by atoms with Gasteiger partial charge in [0.1, 0.15) is 5.41 Å². The second kappa shape index (κ2) is 3.85. The summed E-state index contributed by atoms with van der Waals surface area (Å²) in [6.45, 7) is 4.13. The standard InChI is InChI=1S/C18H18O3/c1-11-5-6-12(2)14-13(11)7-10-17-8-3-4-9-18(14,17)16(20)21-15(17)19/h3-6H,7-10H2,1-2H3/t17-,18-/m1/s1. The second-order valence-corrected chi connectivity index (χ2v) is 6.60. The zero-order valence-corrected chi connectivity index (χ0v) is 12.4. The normalized spacial score (nSPS) is 33.2. The first-order valence-electron chi connectivity index (χ1n) is 7.54. The lowest BCUT2D eigenvalue weighted by molar-refractivity contribution is -0.155. The van der Waals surface area contributed by atoms with Crippen LogP contribution in [0.15, 0.2) is 24.3 Å². The summed E-state index contributed by atoms with van der Waals surface area (Å²) in [6, 6.07) is 4.17. The van der Waals surface area contributed by atoms with Crippen LogP contribution in [0.5, 0.6) is 0 Å². The number of esters is 2. The number of aryl methyl sites for hydroxylation is 2. The Labute approximate surface area is 124 Å². The Morgan fingerprint density at radius 1 is 1.00 bits per heavy atom. The van der Waals surface area contributed by atoms with Crippen LogP contribution in [-0.2, 0) is 26.2 Å². The first kappa shape index (κ1) is 12.8. The van der Waals surface area contributed by atoms with Crippen molar-refractivity contribution in [3.63, 3.8) is 0 Å². The summed E-state index contributed by atoms with van der Waals surface area (Å²) in [5.74, 6) is -0.657. The van der Waals surface area contributed by atoms with Gasteiger partial charge in [-0.1, -0.05) is 24.3 Å². The van der Waals surface area contributed by atoms with Gasteiger partial charge in [0.05, 0.1) is 5.41 Å². The number of cyclic esters (lactones) is 2. The van der Waals surface area contributed by atoms with Crippen molar-refractivity contribution in [1.82, 2.24) is 0 Å². The molecule has 0 unspecified atom stereocenters. The van der Waals surface area contributed by atoms with Gasteiger partial charge in [0, 0.05) is 0 Å². The van der Waals surface area contributed by atoms with Gasteiger partial charge < -0.3 is 4.74 Å². The molecule has 1 saturated heterocycles. The maximum atomic E-state index is 12.7. The number of allylic oxidation sites excluding steroid dienone is 2. The van der Waals surface area contributed by atoms with Crippen LogP contribution in [0.3, 0.4) is 0 Å². The number of ether oxygens (including phenoxy) is 1. The topological polar surface area (TPSA) is 43.4 Å². The predicted molar refractivity (Wildman–Crippen MR) is 77.8 cm³/mol. The van der Waals surface area contributed by atoms with E-state index in [0.717, 1.165) is 17.5 Å². The number of carbonyl (C=O) groups excluding carboxylic acids is 2. The summed E-state index contributed by atoms with van der Waals surface area (Å²) in [6.07, 6.45) is 6.82. The lowest BCUT2D eigenvalue weighted by atomic mass is 9.50. The summed E-state index contributed by atoms with van der Waals surface area (Å²) in [5.41, 5.74) is 3.15. The van der Waals surface area contributed by atoms with Crippen LogP contribution < -0.4 is 0 Å². The van der Waals surface area contributed by atoms with Crippen molar-refractivity contribution < 1.29 is 14.3 Å². The van der Waals surface area contributed by atoms with Crippen molar-refractivity contribution in [2.24, 2.45) is 5.41 Å². The van der Waals surface area contributed by atoms with Crippen LogP contribution in [0.25, 0.3) is 0 Å². The number of fused-ring (bicyclic) bond motifs is 1. The molecule has 0 N–H and O–H groups in total. The molecule has 4 rings (SSSR count). The molecule has 0 saturated carbocycles. The zero-order chi connectivity index (χ0) is 14.8. The molecule has 3 aliphatic rings. The van der Waals surface area contributed by atoms with E-state index in [9.17, 15) is 9.59 Å². The predicted octanol–water partition coefficient (Wildman–Crippen LogP) is 2.91. The molecule has 2 atom stereocenters. The quantitative estimate of drug-likeness (QED) is 0.417. The number of benzene rings is 1. The molecule has 1 fully saturated rings. The molecule has 108 valence electrons. The molecule has 3 nitrogen and oxygen atoms in total. The molecule has 0 spiro atoms. The number of rotatable bonds is 0. The highest BCUT2D eigenvalue weighted by molar-refractivity contribution is 6.06. The minimum absolute atomic E-state index is 0.316. The summed E-state index contributed by atoms with van der Waals surface area (Å²) in [5, 5.41) is 0. The van der Waals surface area contributed by atoms with Crippen molar-refractivity contribution in [3.8, 4) is 0 Å². The third kappa shape index (κ3) is 1.26. The van der Waals surface area contributed by atoms with E-state index >= 15 is 0 Å². The van der Waals surface area contributed by atoms with Crippen LogP contribution >= 0.6 is 0 Å². The lowest BCUT2D eigenvalue weighted by Gasteiger charge is -2.47. The maximum absolute atomic E-state index is 12.7. The van der Waals surface area contributed by atoms with E-state index in [-0.39, 0.29) is 11.9 Å². The van der Waals surface area contributed by atoms with Gasteiger partial charge in [0.2, 0.25) is 0 Å². The van der Waals surface area contributed by atoms with E-state index in [4.69, 9.17) is 4.74 Å². The summed E-state index contributed by atoms with van der Waals surface area (Å²) < 4.78 is 5.17. The molecule has 1 aromatic rings. The third-order valence-electron chi connectivity index (χ3n) is 5.78. The SMILES string of the molecule is Cc1ccc(C)c2c1CC[C@@]13CC=CC[C@]21C(=O)OC3=O. The van der Waals surface area contributed by atoms with Crippen molar-refractivity contribution in [2.45, 2.75) is 44.9 Å². The molecule has 0 bridgehead atoms. The largest absolute Gasteiger partial charge is 0.392 e. The van der Waals surface area contributed by atoms with Crippen LogP contribution in [-0.4, -0.2) is 11.9 Å². The Morgan fingerprint density at radius 3 is 2.52 bits per heavy atom. The van der Waals surface area contributed by atoms with Crippen molar-refractivity contribution >= 4 is 11.9 Å². The molecule has 1 aliphatic heterocycles. The van der Waals surface area contributed by atoms with Crippen LogP contribution in [0, 0.1) is 19.3 Å². The van der Waals surface area contributed by atoms with E-state index < -0.39 is 10.8 Å². The maximum Gasteiger partial charge on any atom is 0.325 e. The highest BCUT2D eigenvalue weighted by Crippen LogP contribution is 2.61. The van der Waals surface area contributed by atoms with Gasteiger partial charge in [-0.05, 0) is 61.8 Å². The van der Waals surface area contributed by atoms with Gasteiger partial charge in [-0.2, -0.15) is 0 Å². The fraction of sp³-hybridized carbons (Fsp3) is 0.444. The average molecular weight is 282 g/mol. The summed E-state index contributed by atoms with van der Waals surface area (Å²) in [4.78, 5) is 25.2. The van der Waals surface area contributed by atoms with E-state index in [1.54, 1.807) is 0 Å². The molecule has 0 amide bonds. The van der Waals surface area contributed by atoms with Crippen molar-refractivity contribution in [3.05, 3.63) is 46.5 Å². The van der Waals surface area contributed by atoms with Gasteiger partial charge in [-0.3, -0.25) is 9.59 Å². The third-order valence-corrected chi connectivity index (χ3v) is 5.78. The highest BCUT2D eigenvalue weighted by Gasteiger charge is 2.70. The van der Waals surface area contributed by atoms with E-state index in [0.29, 0.717) is 19.3 Å². The molecule has 1 heterocycles. The minimum Gasteiger partial charge on any atom is -0.392 e. The first-order valence-corrected chi connectivity index (χ1v) is 7.54. The Hall–Kier alpha value is -1.90. The first-order chi connectivity index (χ1) is 10.0. The van der Waals surface area contributed by atoms with Crippen molar-refractivity contribution in [1.29, 1.82) is 0 Å². The number of carbonyl (C=O) groups is 2. The van der Waals surface area contributed by atoms with Crippen LogP contribution in [0.4, 0.5) is 0 Å². The van der Waals surface area contributed by atoms with Gasteiger partial charge in [0.25, 0.3) is 0 Å². The van der Waals surface area contributed by atoms with Gasteiger partial charge in [-0.15, -0.1) is 0 Å². The Balaban J connectivity index is 2.11. The molecule has 21 heavy (non-hydrogen) atoms. The smallest absolute Gasteiger partial charge is 0.325 e. The fourth-order valence-corrected chi connectivity index (χ4v) is 4.70. The molecule has 2 aliphatic carbocycles. The molecule has 0 radical (unpaired) electrons. The zero-order valence-electron chi connectivity index (χ0n) is 12.4. The second-order valence-electron chi connectivity index (χ2n) is 6.60. The van der Waals surface area contributed by atoms with E-state index in [1.165, 1.54) is 11.1 Å². The Bertz CT molecular complexity index is 715.